The first-order chi connectivity index (χ1) is 8.51. The van der Waals surface area contributed by atoms with Crippen molar-refractivity contribution >= 4 is 32.2 Å². The molecule has 0 aromatic heterocycles. The van der Waals surface area contributed by atoms with Crippen LogP contribution in [-0.4, -0.2) is 37.9 Å². The fourth-order valence-electron chi connectivity index (χ4n) is 1.50. The van der Waals surface area contributed by atoms with Crippen molar-refractivity contribution in [2.24, 2.45) is 0 Å². The lowest BCUT2D eigenvalue weighted by Gasteiger charge is -2.04. The highest BCUT2D eigenvalue weighted by atomic mass is 32.2. The number of ether oxygens (including phenoxy) is 1. The molecule has 11 heteroatoms. The Hall–Kier alpha value is -1.82. The van der Waals surface area contributed by atoms with Gasteiger partial charge in [-0.25, -0.2) is 9.59 Å². The lowest BCUT2D eigenvalue weighted by Crippen LogP contribution is -2.09. The molecule has 102 valence electrons. The van der Waals surface area contributed by atoms with Gasteiger partial charge in [-0.1, -0.05) is 0 Å². The zero-order chi connectivity index (χ0) is 14.6. The van der Waals surface area contributed by atoms with Gasteiger partial charge >= 0.3 is 11.9 Å². The monoisotopic (exact) mass is 308 g/mol. The van der Waals surface area contributed by atoms with Crippen LogP contribution in [0.2, 0.25) is 0 Å². The summed E-state index contributed by atoms with van der Waals surface area (Å²) in [6.45, 7) is 0. The number of hydrogen-bond acceptors (Lipinski definition) is 7. The number of hydrogen-bond donors (Lipinski definition) is 2. The highest BCUT2D eigenvalue weighted by molar-refractivity contribution is 7.86. The Kier molecular flexibility index (Phi) is 2.75. The molecule has 19 heavy (non-hydrogen) atoms. The minimum Gasteiger partial charge on any atom is -0.386 e. The van der Waals surface area contributed by atoms with Crippen molar-refractivity contribution in [3.05, 3.63) is 23.3 Å². The highest BCUT2D eigenvalue weighted by Crippen LogP contribution is 2.30. The lowest BCUT2D eigenvalue weighted by molar-refractivity contribution is 0.0442. The van der Waals surface area contributed by atoms with Crippen molar-refractivity contribution in [2.45, 2.75) is 9.79 Å². The maximum atomic E-state index is 11.3. The van der Waals surface area contributed by atoms with Gasteiger partial charge in [0, 0.05) is 0 Å². The molecule has 1 aromatic carbocycles. The maximum absolute atomic E-state index is 11.3. The second-order valence-corrected chi connectivity index (χ2v) is 6.28. The van der Waals surface area contributed by atoms with E-state index in [0.29, 0.717) is 12.1 Å². The summed E-state index contributed by atoms with van der Waals surface area (Å²) in [5, 5.41) is 0. The third-order valence-electron chi connectivity index (χ3n) is 2.26. The van der Waals surface area contributed by atoms with E-state index >= 15 is 0 Å². The van der Waals surface area contributed by atoms with E-state index in [0.717, 1.165) is 0 Å². The summed E-state index contributed by atoms with van der Waals surface area (Å²) in [5.41, 5.74) is -1.45. The Morgan fingerprint density at radius 3 is 1.95 bits per heavy atom. The lowest BCUT2D eigenvalue weighted by atomic mass is 10.1. The number of benzene rings is 1. The number of cyclic esters (lactones) is 2. The van der Waals surface area contributed by atoms with Gasteiger partial charge in [0.25, 0.3) is 20.2 Å². The van der Waals surface area contributed by atoms with Gasteiger partial charge in [-0.05, 0) is 12.1 Å². The highest BCUT2D eigenvalue weighted by Gasteiger charge is 2.37. The van der Waals surface area contributed by atoms with Crippen LogP contribution in [0.5, 0.6) is 0 Å². The molecular formula is C8H4O9S2. The van der Waals surface area contributed by atoms with Crippen LogP contribution < -0.4 is 0 Å². The smallest absolute Gasteiger partial charge is 0.348 e. The summed E-state index contributed by atoms with van der Waals surface area (Å²) in [6.07, 6.45) is 0. The molecule has 1 aliphatic heterocycles. The first-order valence-electron chi connectivity index (χ1n) is 4.41. The van der Waals surface area contributed by atoms with Gasteiger partial charge in [0.05, 0.1) is 16.0 Å². The number of carbonyl (C=O) groups excluding carboxylic acids is 2. The molecular weight excluding hydrogens is 304 g/mol. The molecule has 0 spiro atoms. The van der Waals surface area contributed by atoms with Crippen molar-refractivity contribution in [1.82, 2.24) is 0 Å². The second kappa shape index (κ2) is 3.84. The summed E-state index contributed by atoms with van der Waals surface area (Å²) < 4.78 is 65.9. The normalized spacial score (nSPS) is 15.3. The van der Waals surface area contributed by atoms with Crippen LogP contribution in [0.1, 0.15) is 20.7 Å². The molecule has 9 nitrogen and oxygen atoms in total. The van der Waals surface area contributed by atoms with E-state index in [9.17, 15) is 26.4 Å². The molecule has 0 aliphatic carbocycles. The van der Waals surface area contributed by atoms with Crippen LogP contribution in [0.4, 0.5) is 0 Å². The van der Waals surface area contributed by atoms with Gasteiger partial charge in [0.1, 0.15) is 4.90 Å². The Balaban J connectivity index is 2.96. The van der Waals surface area contributed by atoms with Gasteiger partial charge in [0.2, 0.25) is 0 Å². The Morgan fingerprint density at radius 1 is 0.895 bits per heavy atom. The summed E-state index contributed by atoms with van der Waals surface area (Å²) in [6, 6.07) is 0.927. The summed E-state index contributed by atoms with van der Waals surface area (Å²) in [4.78, 5) is 20.4. The summed E-state index contributed by atoms with van der Waals surface area (Å²) >= 11 is 0. The van der Waals surface area contributed by atoms with Gasteiger partial charge in [-0.2, -0.15) is 16.8 Å². The molecule has 0 fully saturated rings. The molecule has 1 aliphatic rings. The van der Waals surface area contributed by atoms with Crippen molar-refractivity contribution in [2.75, 3.05) is 0 Å². The minimum absolute atomic E-state index is 0.351. The largest absolute Gasteiger partial charge is 0.386 e. The number of esters is 2. The van der Waals surface area contributed by atoms with Crippen LogP contribution in [0.25, 0.3) is 0 Å². The topological polar surface area (TPSA) is 152 Å². The zero-order valence-electron chi connectivity index (χ0n) is 8.72. The predicted molar refractivity (Wildman–Crippen MR) is 55.8 cm³/mol. The van der Waals surface area contributed by atoms with E-state index in [1.165, 1.54) is 0 Å². The Labute approximate surface area is 106 Å². The molecule has 0 atom stereocenters. The molecule has 0 unspecified atom stereocenters. The Morgan fingerprint density at radius 2 is 1.47 bits per heavy atom. The average molecular weight is 308 g/mol. The van der Waals surface area contributed by atoms with Gasteiger partial charge < -0.3 is 4.74 Å². The molecule has 0 saturated carbocycles. The fraction of sp³-hybridized carbons (Fsp3) is 0. The average Bonchev–Trinajstić information content (AvgIpc) is 2.51. The first-order valence-corrected chi connectivity index (χ1v) is 7.29. The number of carbonyl (C=O) groups is 2. The van der Waals surface area contributed by atoms with Crippen LogP contribution in [-0.2, 0) is 25.0 Å². The van der Waals surface area contributed by atoms with Crippen LogP contribution in [0.3, 0.4) is 0 Å². The van der Waals surface area contributed by atoms with Crippen molar-refractivity contribution < 1.29 is 40.3 Å². The minimum atomic E-state index is -5.00. The molecule has 1 aromatic rings. The van der Waals surface area contributed by atoms with E-state index in [4.69, 9.17) is 9.11 Å². The van der Waals surface area contributed by atoms with E-state index in [1.807, 2.05) is 0 Å². The molecule has 1 heterocycles. The van der Waals surface area contributed by atoms with Crippen LogP contribution >= 0.6 is 0 Å². The molecule has 0 radical (unpaired) electrons. The molecule has 0 saturated heterocycles. The SMILES string of the molecule is O=C1OC(=O)c2c1cc(S(=O)(=O)O)cc2S(=O)(=O)O. The zero-order valence-corrected chi connectivity index (χ0v) is 10.4. The summed E-state index contributed by atoms with van der Waals surface area (Å²) in [7, 11) is -9.84. The Bertz CT molecular complexity index is 816. The van der Waals surface area contributed by atoms with E-state index in [1.54, 1.807) is 0 Å². The molecule has 2 rings (SSSR count). The van der Waals surface area contributed by atoms with E-state index in [2.05, 4.69) is 4.74 Å². The number of fused-ring (bicyclic) bond motifs is 1. The van der Waals surface area contributed by atoms with E-state index in [-0.39, 0.29) is 0 Å². The quantitative estimate of drug-likeness (QED) is 0.418. The molecule has 0 bridgehead atoms. The summed E-state index contributed by atoms with van der Waals surface area (Å²) in [5.74, 6) is -2.62. The second-order valence-electron chi connectivity index (χ2n) is 3.47. The molecule has 2 N–H and O–H groups in total. The third kappa shape index (κ3) is 2.23. The van der Waals surface area contributed by atoms with Crippen molar-refractivity contribution in [3.63, 3.8) is 0 Å². The standard InChI is InChI=1S/C8H4O9S2/c9-7-4-1-3(18(11,12)13)2-5(19(14,15)16)6(4)8(10)17-7/h1-2H,(H,11,12,13)(H,14,15,16). The number of rotatable bonds is 2. The van der Waals surface area contributed by atoms with E-state index < -0.39 is 53.1 Å². The van der Waals surface area contributed by atoms with Crippen LogP contribution in [0, 0.1) is 0 Å². The fourth-order valence-corrected chi connectivity index (χ4v) is 2.84. The van der Waals surface area contributed by atoms with Crippen molar-refractivity contribution in [1.29, 1.82) is 0 Å². The third-order valence-corrected chi connectivity index (χ3v) is 3.97. The van der Waals surface area contributed by atoms with Crippen molar-refractivity contribution in [3.8, 4) is 0 Å². The van der Waals surface area contributed by atoms with Crippen LogP contribution in [0.15, 0.2) is 21.9 Å². The maximum Gasteiger partial charge on any atom is 0.348 e. The molecule has 0 amide bonds. The van der Waals surface area contributed by atoms with Gasteiger partial charge in [-0.15, -0.1) is 0 Å². The van der Waals surface area contributed by atoms with Gasteiger partial charge in [-0.3, -0.25) is 9.11 Å². The first kappa shape index (κ1) is 13.6. The predicted octanol–water partition coefficient (Wildman–Crippen LogP) is -0.509. The van der Waals surface area contributed by atoms with Gasteiger partial charge in [0.15, 0.2) is 0 Å².